The number of ether oxygens (including phenoxy) is 2. The number of benzene rings is 2. The molecule has 94 valence electrons. The fourth-order valence-corrected chi connectivity index (χ4v) is 1.70. The average molecular weight is 278 g/mol. The first-order chi connectivity index (χ1) is 8.74. The Morgan fingerprint density at radius 3 is 1.28 bits per heavy atom. The molecule has 0 aliphatic heterocycles. The molecule has 0 atom stereocenters. The fraction of sp³-hybridized carbons (Fsp3) is 0.143. The highest BCUT2D eigenvalue weighted by Crippen LogP contribution is 2.15. The maximum Gasteiger partial charge on any atom is 0.122 e. The summed E-state index contributed by atoms with van der Waals surface area (Å²) in [5, 5.41) is 0. The Morgan fingerprint density at radius 1 is 0.611 bits per heavy atom. The van der Waals surface area contributed by atoms with Crippen molar-refractivity contribution in [1.29, 1.82) is 0 Å². The van der Waals surface area contributed by atoms with E-state index in [1.54, 1.807) is 0 Å². The van der Waals surface area contributed by atoms with Crippen molar-refractivity contribution in [2.75, 3.05) is 13.2 Å². The Hall–Kier alpha value is -1.26. The van der Waals surface area contributed by atoms with Crippen LogP contribution < -0.4 is 9.47 Å². The van der Waals surface area contributed by atoms with Crippen LogP contribution in [-0.2, 0) is 0 Å². The first kappa shape index (κ1) is 13.2. The maximum atomic E-state index is 5.53. The van der Waals surface area contributed by atoms with Gasteiger partial charge in [0.05, 0.1) is 0 Å². The minimum Gasteiger partial charge on any atom is -0.490 e. The standard InChI is InChI=1S/C14H14O2S2/c17-13-5-1-11(2-6-13)15-9-10-16-12-3-7-14(18)8-4-12/h1-8,17-18H,9-10H2. The Labute approximate surface area is 118 Å². The van der Waals surface area contributed by atoms with Crippen molar-refractivity contribution in [3.05, 3.63) is 48.5 Å². The Balaban J connectivity index is 1.73. The van der Waals surface area contributed by atoms with Crippen molar-refractivity contribution in [3.8, 4) is 11.5 Å². The van der Waals surface area contributed by atoms with Gasteiger partial charge in [-0.2, -0.15) is 0 Å². The van der Waals surface area contributed by atoms with Crippen molar-refractivity contribution in [3.63, 3.8) is 0 Å². The Morgan fingerprint density at radius 2 is 0.944 bits per heavy atom. The lowest BCUT2D eigenvalue weighted by Gasteiger charge is -2.08. The minimum atomic E-state index is 0.508. The fourth-order valence-electron chi connectivity index (χ4n) is 1.40. The van der Waals surface area contributed by atoms with Gasteiger partial charge in [0.2, 0.25) is 0 Å². The van der Waals surface area contributed by atoms with Gasteiger partial charge in [0.15, 0.2) is 0 Å². The zero-order valence-corrected chi connectivity index (χ0v) is 11.5. The molecule has 0 aliphatic carbocycles. The second kappa shape index (κ2) is 6.61. The lowest BCUT2D eigenvalue weighted by Crippen LogP contribution is -2.08. The van der Waals surface area contributed by atoms with E-state index in [1.165, 1.54) is 0 Å². The highest BCUT2D eigenvalue weighted by molar-refractivity contribution is 7.80. The van der Waals surface area contributed by atoms with Crippen molar-refractivity contribution < 1.29 is 9.47 Å². The first-order valence-corrected chi connectivity index (χ1v) is 6.47. The van der Waals surface area contributed by atoms with Gasteiger partial charge in [-0.1, -0.05) is 0 Å². The number of rotatable bonds is 5. The molecule has 0 saturated carbocycles. The first-order valence-electron chi connectivity index (χ1n) is 5.58. The monoisotopic (exact) mass is 278 g/mol. The molecular formula is C14H14O2S2. The molecule has 0 fully saturated rings. The smallest absolute Gasteiger partial charge is 0.122 e. The summed E-state index contributed by atoms with van der Waals surface area (Å²) in [6, 6.07) is 15.1. The third-order valence-electron chi connectivity index (χ3n) is 2.29. The molecule has 0 aliphatic rings. The van der Waals surface area contributed by atoms with Gasteiger partial charge < -0.3 is 9.47 Å². The predicted molar refractivity (Wildman–Crippen MR) is 78.4 cm³/mol. The third kappa shape index (κ3) is 4.20. The van der Waals surface area contributed by atoms with Crippen LogP contribution in [0.2, 0.25) is 0 Å². The van der Waals surface area contributed by atoms with Crippen LogP contribution in [0.25, 0.3) is 0 Å². The van der Waals surface area contributed by atoms with E-state index in [9.17, 15) is 0 Å². The van der Waals surface area contributed by atoms with E-state index in [-0.39, 0.29) is 0 Å². The molecule has 0 unspecified atom stereocenters. The molecule has 0 spiro atoms. The van der Waals surface area contributed by atoms with E-state index in [0.29, 0.717) is 13.2 Å². The summed E-state index contributed by atoms with van der Waals surface area (Å²) in [6.45, 7) is 1.02. The normalized spacial score (nSPS) is 10.1. The van der Waals surface area contributed by atoms with E-state index in [1.807, 2.05) is 48.5 Å². The molecule has 2 rings (SSSR count). The summed E-state index contributed by atoms with van der Waals surface area (Å²) in [6.07, 6.45) is 0. The SMILES string of the molecule is Sc1ccc(OCCOc2ccc(S)cc2)cc1. The molecule has 0 N–H and O–H groups in total. The van der Waals surface area contributed by atoms with Crippen molar-refractivity contribution >= 4 is 25.3 Å². The second-order valence-electron chi connectivity index (χ2n) is 3.68. The van der Waals surface area contributed by atoms with Crippen LogP contribution >= 0.6 is 25.3 Å². The van der Waals surface area contributed by atoms with Crippen molar-refractivity contribution in [2.24, 2.45) is 0 Å². The van der Waals surface area contributed by atoms with Crippen LogP contribution in [0.4, 0.5) is 0 Å². The van der Waals surface area contributed by atoms with Crippen LogP contribution in [-0.4, -0.2) is 13.2 Å². The summed E-state index contributed by atoms with van der Waals surface area (Å²) in [5.41, 5.74) is 0. The molecular weight excluding hydrogens is 264 g/mol. The van der Waals surface area contributed by atoms with Crippen LogP contribution in [0.15, 0.2) is 58.3 Å². The third-order valence-corrected chi connectivity index (χ3v) is 2.89. The van der Waals surface area contributed by atoms with Crippen LogP contribution in [0, 0.1) is 0 Å². The summed E-state index contributed by atoms with van der Waals surface area (Å²) < 4.78 is 11.1. The molecule has 2 nitrogen and oxygen atoms in total. The highest BCUT2D eigenvalue weighted by Gasteiger charge is 1.95. The predicted octanol–water partition coefficient (Wildman–Crippen LogP) is 3.72. The average Bonchev–Trinajstić information content (AvgIpc) is 2.39. The summed E-state index contributed by atoms with van der Waals surface area (Å²) in [7, 11) is 0. The molecule has 2 aromatic rings. The Kier molecular flexibility index (Phi) is 4.84. The van der Waals surface area contributed by atoms with Gasteiger partial charge in [-0.3, -0.25) is 0 Å². The van der Waals surface area contributed by atoms with Gasteiger partial charge in [0.1, 0.15) is 24.7 Å². The van der Waals surface area contributed by atoms with Gasteiger partial charge in [-0.15, -0.1) is 25.3 Å². The molecule has 0 saturated heterocycles. The van der Waals surface area contributed by atoms with E-state index in [0.717, 1.165) is 21.3 Å². The van der Waals surface area contributed by atoms with Crippen LogP contribution in [0.5, 0.6) is 11.5 Å². The lowest BCUT2D eigenvalue weighted by molar-refractivity contribution is 0.217. The second-order valence-corrected chi connectivity index (χ2v) is 4.72. The van der Waals surface area contributed by atoms with Gasteiger partial charge in [-0.25, -0.2) is 0 Å². The zero-order chi connectivity index (χ0) is 12.8. The molecule has 0 bridgehead atoms. The largest absolute Gasteiger partial charge is 0.490 e. The maximum absolute atomic E-state index is 5.53. The van der Waals surface area contributed by atoms with Crippen LogP contribution in [0.3, 0.4) is 0 Å². The van der Waals surface area contributed by atoms with Gasteiger partial charge in [0, 0.05) is 9.79 Å². The van der Waals surface area contributed by atoms with E-state index >= 15 is 0 Å². The number of thiol groups is 2. The van der Waals surface area contributed by atoms with Crippen molar-refractivity contribution in [1.82, 2.24) is 0 Å². The Bertz CT molecular complexity index is 433. The van der Waals surface area contributed by atoms with E-state index in [2.05, 4.69) is 25.3 Å². The summed E-state index contributed by atoms with van der Waals surface area (Å²) in [4.78, 5) is 1.84. The quantitative estimate of drug-likeness (QED) is 0.641. The van der Waals surface area contributed by atoms with Gasteiger partial charge in [0.25, 0.3) is 0 Å². The molecule has 2 aromatic carbocycles. The molecule has 0 amide bonds. The molecule has 0 heterocycles. The van der Waals surface area contributed by atoms with E-state index in [4.69, 9.17) is 9.47 Å². The zero-order valence-electron chi connectivity index (χ0n) is 9.74. The number of hydrogen-bond acceptors (Lipinski definition) is 4. The molecule has 4 heteroatoms. The lowest BCUT2D eigenvalue weighted by atomic mass is 10.3. The molecule has 0 radical (unpaired) electrons. The molecule has 0 aromatic heterocycles. The van der Waals surface area contributed by atoms with Crippen molar-refractivity contribution in [2.45, 2.75) is 9.79 Å². The van der Waals surface area contributed by atoms with Crippen LogP contribution in [0.1, 0.15) is 0 Å². The topological polar surface area (TPSA) is 18.5 Å². The van der Waals surface area contributed by atoms with Gasteiger partial charge in [-0.05, 0) is 48.5 Å². The minimum absolute atomic E-state index is 0.508. The molecule has 18 heavy (non-hydrogen) atoms. The number of hydrogen-bond donors (Lipinski definition) is 2. The van der Waals surface area contributed by atoms with Gasteiger partial charge >= 0.3 is 0 Å². The van der Waals surface area contributed by atoms with E-state index < -0.39 is 0 Å². The summed E-state index contributed by atoms with van der Waals surface area (Å²) in [5.74, 6) is 1.64. The summed E-state index contributed by atoms with van der Waals surface area (Å²) >= 11 is 8.42. The highest BCUT2D eigenvalue weighted by atomic mass is 32.1.